The lowest BCUT2D eigenvalue weighted by Crippen LogP contribution is -2.23. The number of aryl methyl sites for hydroxylation is 1. The Morgan fingerprint density at radius 3 is 2.43 bits per heavy atom. The van der Waals surface area contributed by atoms with Crippen LogP contribution in [-0.2, 0) is 11.2 Å². The van der Waals surface area contributed by atoms with Crippen molar-refractivity contribution in [3.63, 3.8) is 0 Å². The van der Waals surface area contributed by atoms with Crippen LogP contribution in [0.2, 0.25) is 0 Å². The summed E-state index contributed by atoms with van der Waals surface area (Å²) in [6.07, 6.45) is 5.98. The Labute approximate surface area is 177 Å². The number of aliphatic hydroxyl groups excluding tert-OH is 2. The average Bonchev–Trinajstić information content (AvgIpc) is 3.03. The zero-order chi connectivity index (χ0) is 21.9. The lowest BCUT2D eigenvalue weighted by molar-refractivity contribution is -0.137. The molecule has 5 atom stereocenters. The molecule has 168 valence electrons. The quantitative estimate of drug-likeness (QED) is 0.303. The summed E-state index contributed by atoms with van der Waals surface area (Å²) in [7, 11) is 0. The Balaban J connectivity index is 1.75. The predicted octanol–water partition coefficient (Wildman–Crippen LogP) is 4.46. The van der Waals surface area contributed by atoms with Gasteiger partial charge in [-0.2, -0.15) is 4.91 Å². The highest BCUT2D eigenvalue weighted by Crippen LogP contribution is 2.41. The Bertz CT molecular complexity index is 653. The van der Waals surface area contributed by atoms with Crippen LogP contribution in [0.5, 0.6) is 0 Å². The highest BCUT2D eigenvalue weighted by molar-refractivity contribution is 5.66. The third kappa shape index (κ3) is 8.11. The number of rotatable bonds is 14. The number of carboxylic acids is 1. The second kappa shape index (κ2) is 12.7. The average molecular weight is 424 g/mol. The first kappa shape index (κ1) is 24.4. The van der Waals surface area contributed by atoms with Crippen molar-refractivity contribution in [3.05, 3.63) is 40.6 Å². The zero-order valence-electron chi connectivity index (χ0n) is 17.5. The molecule has 1 aromatic rings. The van der Waals surface area contributed by atoms with Gasteiger partial charge in [-0.05, 0) is 74.5 Å². The van der Waals surface area contributed by atoms with Crippen LogP contribution in [0.1, 0.15) is 69.8 Å². The van der Waals surface area contributed by atoms with E-state index in [2.05, 4.69) is 5.18 Å². The van der Waals surface area contributed by atoms with Crippen LogP contribution in [-0.4, -0.2) is 39.5 Å². The molecule has 0 aromatic heterocycles. The molecule has 1 aliphatic carbocycles. The van der Waals surface area contributed by atoms with Gasteiger partial charge in [-0.15, -0.1) is 0 Å². The summed E-state index contributed by atoms with van der Waals surface area (Å²) in [6, 6.07) is 5.84. The Kier molecular flexibility index (Phi) is 10.4. The van der Waals surface area contributed by atoms with Crippen molar-refractivity contribution in [2.24, 2.45) is 17.0 Å². The summed E-state index contributed by atoms with van der Waals surface area (Å²) in [5.41, 5.74) is 0.972. The van der Waals surface area contributed by atoms with Gasteiger partial charge in [0.1, 0.15) is 5.82 Å². The molecule has 0 aliphatic heterocycles. The number of nitroso groups, excluding NO2 is 1. The largest absolute Gasteiger partial charge is 0.481 e. The van der Waals surface area contributed by atoms with Gasteiger partial charge in [-0.3, -0.25) is 4.79 Å². The molecular weight excluding hydrogens is 389 g/mol. The molecule has 1 aliphatic rings. The fourth-order valence-electron chi connectivity index (χ4n) is 4.63. The highest BCUT2D eigenvalue weighted by atomic mass is 19.1. The lowest BCUT2D eigenvalue weighted by Gasteiger charge is -2.24. The zero-order valence-corrected chi connectivity index (χ0v) is 17.5. The van der Waals surface area contributed by atoms with Crippen molar-refractivity contribution in [1.29, 1.82) is 0 Å². The third-order valence-corrected chi connectivity index (χ3v) is 6.35. The van der Waals surface area contributed by atoms with Gasteiger partial charge in [-0.1, -0.05) is 36.6 Å². The molecule has 0 bridgehead atoms. The van der Waals surface area contributed by atoms with Gasteiger partial charge in [0.2, 0.25) is 0 Å². The fraction of sp³-hybridized carbons (Fsp3) is 0.696. The molecule has 2 rings (SSSR count). The number of unbranched alkanes of at least 4 members (excludes halogenated alkanes) is 3. The third-order valence-electron chi connectivity index (χ3n) is 6.35. The van der Waals surface area contributed by atoms with Crippen LogP contribution in [0.15, 0.2) is 29.4 Å². The number of aliphatic carboxylic acids is 1. The molecule has 1 aromatic carbocycles. The van der Waals surface area contributed by atoms with E-state index in [0.717, 1.165) is 31.2 Å². The first-order chi connectivity index (χ1) is 14.4. The summed E-state index contributed by atoms with van der Waals surface area (Å²) in [5.74, 6) is -1.09. The number of hydrogen-bond acceptors (Lipinski definition) is 5. The van der Waals surface area contributed by atoms with Crippen molar-refractivity contribution in [3.8, 4) is 0 Å². The predicted molar refractivity (Wildman–Crippen MR) is 112 cm³/mol. The number of carbonyl (C=O) groups is 1. The van der Waals surface area contributed by atoms with Crippen LogP contribution < -0.4 is 0 Å². The molecule has 0 amide bonds. The van der Waals surface area contributed by atoms with Crippen LogP contribution in [0.3, 0.4) is 0 Å². The van der Waals surface area contributed by atoms with E-state index in [1.807, 2.05) is 0 Å². The van der Waals surface area contributed by atoms with E-state index in [0.29, 0.717) is 38.5 Å². The molecule has 3 N–H and O–H groups in total. The standard InChI is InChI=1S/C23H34FNO5/c24-17-10-7-16(8-11-17)9-12-18(26)13-14-19-20(22(27)15-21(19)25-30)5-3-1-2-4-6-23(28)29/h7-8,10-11,18-22,26-27H,1-6,9,12-15H2,(H,28,29)/t18-,19+,20+,21?,22-/m0/s1. The second-order valence-electron chi connectivity index (χ2n) is 8.55. The maximum atomic E-state index is 13.0. The van der Waals surface area contributed by atoms with E-state index in [1.54, 1.807) is 12.1 Å². The van der Waals surface area contributed by atoms with Crippen molar-refractivity contribution in [2.75, 3.05) is 0 Å². The molecule has 0 heterocycles. The molecular formula is C23H34FNO5. The normalized spacial score (nSPS) is 24.6. The van der Waals surface area contributed by atoms with E-state index in [4.69, 9.17) is 5.11 Å². The number of benzene rings is 1. The second-order valence-corrected chi connectivity index (χ2v) is 8.55. The summed E-state index contributed by atoms with van der Waals surface area (Å²) in [5, 5.41) is 32.7. The molecule has 0 spiro atoms. The molecule has 0 radical (unpaired) electrons. The molecule has 30 heavy (non-hydrogen) atoms. The summed E-state index contributed by atoms with van der Waals surface area (Å²) >= 11 is 0. The van der Waals surface area contributed by atoms with Crippen molar-refractivity contribution in [1.82, 2.24) is 0 Å². The minimum absolute atomic E-state index is 0.00327. The molecule has 1 unspecified atom stereocenters. The Morgan fingerprint density at radius 1 is 1.07 bits per heavy atom. The molecule has 7 heteroatoms. The first-order valence-electron chi connectivity index (χ1n) is 11.1. The van der Waals surface area contributed by atoms with Gasteiger partial charge in [0.25, 0.3) is 0 Å². The minimum atomic E-state index is -0.779. The van der Waals surface area contributed by atoms with E-state index in [9.17, 15) is 24.3 Å². The van der Waals surface area contributed by atoms with E-state index in [-0.39, 0.29) is 24.1 Å². The van der Waals surface area contributed by atoms with Crippen LogP contribution >= 0.6 is 0 Å². The van der Waals surface area contributed by atoms with Gasteiger partial charge in [0, 0.05) is 6.42 Å². The molecule has 6 nitrogen and oxygen atoms in total. The van der Waals surface area contributed by atoms with Gasteiger partial charge >= 0.3 is 5.97 Å². The Hall–Kier alpha value is -1.86. The summed E-state index contributed by atoms with van der Waals surface area (Å²) < 4.78 is 13.0. The summed E-state index contributed by atoms with van der Waals surface area (Å²) in [4.78, 5) is 21.8. The smallest absolute Gasteiger partial charge is 0.303 e. The topological polar surface area (TPSA) is 107 Å². The van der Waals surface area contributed by atoms with Crippen LogP contribution in [0.25, 0.3) is 0 Å². The molecule has 0 saturated heterocycles. The summed E-state index contributed by atoms with van der Waals surface area (Å²) in [6.45, 7) is 0. The highest BCUT2D eigenvalue weighted by Gasteiger charge is 2.42. The molecule has 1 fully saturated rings. The van der Waals surface area contributed by atoms with Crippen molar-refractivity contribution >= 4 is 5.97 Å². The van der Waals surface area contributed by atoms with Crippen molar-refractivity contribution in [2.45, 2.75) is 88.9 Å². The van der Waals surface area contributed by atoms with Gasteiger partial charge in [0.05, 0.1) is 18.2 Å². The lowest BCUT2D eigenvalue weighted by atomic mass is 9.84. The van der Waals surface area contributed by atoms with Gasteiger partial charge in [0.15, 0.2) is 0 Å². The van der Waals surface area contributed by atoms with E-state index < -0.39 is 24.2 Å². The maximum absolute atomic E-state index is 13.0. The van der Waals surface area contributed by atoms with Crippen LogP contribution in [0.4, 0.5) is 4.39 Å². The van der Waals surface area contributed by atoms with E-state index >= 15 is 0 Å². The fourth-order valence-corrected chi connectivity index (χ4v) is 4.63. The number of aliphatic hydroxyl groups is 2. The van der Waals surface area contributed by atoms with E-state index in [1.165, 1.54) is 12.1 Å². The SMILES string of the molecule is O=NC1C[C@H](O)[C@H](CCCCCCC(=O)O)[C@H]1CC[C@@H](O)CCc1ccc(F)cc1. The number of hydrogen-bond donors (Lipinski definition) is 3. The van der Waals surface area contributed by atoms with Gasteiger partial charge < -0.3 is 15.3 Å². The first-order valence-corrected chi connectivity index (χ1v) is 11.1. The van der Waals surface area contributed by atoms with Gasteiger partial charge in [-0.25, -0.2) is 4.39 Å². The number of nitrogens with zero attached hydrogens (tertiary/aromatic N) is 1. The number of carboxylic acid groups (broad SMARTS) is 1. The molecule has 1 saturated carbocycles. The number of halogens is 1. The van der Waals surface area contributed by atoms with Crippen LogP contribution in [0, 0.1) is 22.6 Å². The maximum Gasteiger partial charge on any atom is 0.303 e. The Morgan fingerprint density at radius 2 is 1.77 bits per heavy atom. The van der Waals surface area contributed by atoms with Crippen molar-refractivity contribution < 1.29 is 24.5 Å². The monoisotopic (exact) mass is 423 g/mol. The minimum Gasteiger partial charge on any atom is -0.481 e.